The van der Waals surface area contributed by atoms with Crippen molar-refractivity contribution in [2.45, 2.75) is 13.5 Å². The average Bonchev–Trinajstić information content (AvgIpc) is 2.76. The summed E-state index contributed by atoms with van der Waals surface area (Å²) >= 11 is 0. The van der Waals surface area contributed by atoms with Crippen LogP contribution in [0.3, 0.4) is 0 Å². The van der Waals surface area contributed by atoms with Gasteiger partial charge >= 0.3 is 0 Å². The van der Waals surface area contributed by atoms with Gasteiger partial charge in [0.15, 0.2) is 0 Å². The third-order valence-corrected chi connectivity index (χ3v) is 3.23. The van der Waals surface area contributed by atoms with Crippen LogP contribution in [0.1, 0.15) is 6.92 Å². The number of nitrogens with two attached hydrogens (primary N) is 1. The van der Waals surface area contributed by atoms with Crippen LogP contribution in [0.5, 0.6) is 0 Å². The summed E-state index contributed by atoms with van der Waals surface area (Å²) < 4.78 is 15.4. The molecule has 96 valence electrons. The predicted molar refractivity (Wildman–Crippen MR) is 75.2 cm³/mol. The third-order valence-electron chi connectivity index (χ3n) is 3.23. The van der Waals surface area contributed by atoms with E-state index in [1.54, 1.807) is 6.07 Å². The summed E-state index contributed by atoms with van der Waals surface area (Å²) in [5, 5.41) is 0. The summed E-state index contributed by atoms with van der Waals surface area (Å²) in [5.41, 5.74) is 9.12. The van der Waals surface area contributed by atoms with E-state index in [4.69, 9.17) is 5.73 Å². The standard InChI is InChI=1S/C15H14FN3/c1-2-19-14-9-10(16)7-8-13(14)18-15(19)11-5-3-4-6-12(11)17/h3-9H,2,17H2,1H3. The van der Waals surface area contributed by atoms with Gasteiger partial charge in [0, 0.05) is 17.8 Å². The molecule has 3 nitrogen and oxygen atoms in total. The minimum absolute atomic E-state index is 0.255. The number of hydrogen-bond acceptors (Lipinski definition) is 2. The average molecular weight is 255 g/mol. The summed E-state index contributed by atoms with van der Waals surface area (Å²) in [6.07, 6.45) is 0. The number of nitrogen functional groups attached to an aromatic ring is 1. The van der Waals surface area contributed by atoms with E-state index in [1.807, 2.05) is 35.8 Å². The number of para-hydroxylation sites is 1. The van der Waals surface area contributed by atoms with Crippen molar-refractivity contribution in [3.8, 4) is 11.4 Å². The smallest absolute Gasteiger partial charge is 0.143 e. The van der Waals surface area contributed by atoms with E-state index in [0.29, 0.717) is 12.2 Å². The molecule has 0 bridgehead atoms. The molecule has 3 aromatic rings. The van der Waals surface area contributed by atoms with Crippen LogP contribution < -0.4 is 5.73 Å². The molecule has 0 unspecified atom stereocenters. The predicted octanol–water partition coefficient (Wildman–Crippen LogP) is 3.44. The second kappa shape index (κ2) is 4.39. The lowest BCUT2D eigenvalue weighted by atomic mass is 10.1. The van der Waals surface area contributed by atoms with Crippen molar-refractivity contribution in [3.63, 3.8) is 0 Å². The molecule has 0 atom stereocenters. The Kier molecular flexibility index (Phi) is 2.71. The lowest BCUT2D eigenvalue weighted by Gasteiger charge is -2.08. The number of nitrogens with zero attached hydrogens (tertiary/aromatic N) is 2. The maximum absolute atomic E-state index is 13.4. The van der Waals surface area contributed by atoms with Crippen molar-refractivity contribution in [1.82, 2.24) is 9.55 Å². The van der Waals surface area contributed by atoms with Crippen molar-refractivity contribution in [2.75, 3.05) is 5.73 Å². The van der Waals surface area contributed by atoms with Crippen LogP contribution in [-0.2, 0) is 6.54 Å². The zero-order valence-electron chi connectivity index (χ0n) is 10.6. The lowest BCUT2D eigenvalue weighted by Crippen LogP contribution is -2.00. The summed E-state index contributed by atoms with van der Waals surface area (Å²) in [7, 11) is 0. The minimum atomic E-state index is -0.255. The Morgan fingerprint density at radius 2 is 2.00 bits per heavy atom. The van der Waals surface area contributed by atoms with Gasteiger partial charge in [-0.05, 0) is 37.3 Å². The number of fused-ring (bicyclic) bond motifs is 1. The first-order valence-corrected chi connectivity index (χ1v) is 6.21. The van der Waals surface area contributed by atoms with Crippen molar-refractivity contribution in [2.24, 2.45) is 0 Å². The van der Waals surface area contributed by atoms with Crippen LogP contribution in [0.15, 0.2) is 42.5 Å². The van der Waals surface area contributed by atoms with Gasteiger partial charge in [-0.2, -0.15) is 0 Å². The second-order valence-electron chi connectivity index (χ2n) is 4.40. The molecule has 0 saturated carbocycles. The molecule has 4 heteroatoms. The summed E-state index contributed by atoms with van der Waals surface area (Å²) in [6.45, 7) is 2.72. The monoisotopic (exact) mass is 255 g/mol. The topological polar surface area (TPSA) is 43.8 Å². The van der Waals surface area contributed by atoms with Crippen molar-refractivity contribution >= 4 is 16.7 Å². The molecule has 0 spiro atoms. The van der Waals surface area contributed by atoms with Gasteiger partial charge in [0.2, 0.25) is 0 Å². The largest absolute Gasteiger partial charge is 0.398 e. The Labute approximate surface area is 110 Å². The van der Waals surface area contributed by atoms with E-state index in [9.17, 15) is 4.39 Å². The number of halogens is 1. The van der Waals surface area contributed by atoms with Crippen LogP contribution in [0.4, 0.5) is 10.1 Å². The molecule has 0 amide bonds. The molecule has 1 aromatic heterocycles. The molecule has 0 saturated heterocycles. The maximum atomic E-state index is 13.4. The summed E-state index contributed by atoms with van der Waals surface area (Å²) in [5.74, 6) is 0.524. The summed E-state index contributed by atoms with van der Waals surface area (Å²) in [4.78, 5) is 4.57. The highest BCUT2D eigenvalue weighted by atomic mass is 19.1. The van der Waals surface area contributed by atoms with E-state index in [-0.39, 0.29) is 5.82 Å². The normalized spacial score (nSPS) is 11.1. The fourth-order valence-electron chi connectivity index (χ4n) is 2.32. The van der Waals surface area contributed by atoms with Crippen LogP contribution in [0.25, 0.3) is 22.4 Å². The highest BCUT2D eigenvalue weighted by Crippen LogP contribution is 2.28. The van der Waals surface area contributed by atoms with E-state index in [2.05, 4.69) is 4.98 Å². The number of hydrogen-bond donors (Lipinski definition) is 1. The number of aromatic nitrogens is 2. The highest BCUT2D eigenvalue weighted by molar-refractivity contribution is 5.83. The Morgan fingerprint density at radius 1 is 1.21 bits per heavy atom. The van der Waals surface area contributed by atoms with E-state index in [1.165, 1.54) is 12.1 Å². The number of benzene rings is 2. The van der Waals surface area contributed by atoms with E-state index in [0.717, 1.165) is 22.4 Å². The van der Waals surface area contributed by atoms with Crippen molar-refractivity contribution in [1.29, 1.82) is 0 Å². The molecule has 2 N–H and O–H groups in total. The fourth-order valence-corrected chi connectivity index (χ4v) is 2.32. The number of rotatable bonds is 2. The van der Waals surface area contributed by atoms with Crippen LogP contribution >= 0.6 is 0 Å². The number of anilines is 1. The Balaban J connectivity index is 2.33. The van der Waals surface area contributed by atoms with Crippen molar-refractivity contribution in [3.05, 3.63) is 48.3 Å². The van der Waals surface area contributed by atoms with E-state index >= 15 is 0 Å². The van der Waals surface area contributed by atoms with Gasteiger partial charge in [0.1, 0.15) is 11.6 Å². The Bertz CT molecular complexity index is 746. The first-order valence-electron chi connectivity index (χ1n) is 6.21. The van der Waals surface area contributed by atoms with Gasteiger partial charge in [0.05, 0.1) is 11.0 Å². The zero-order valence-corrected chi connectivity index (χ0v) is 10.6. The zero-order chi connectivity index (χ0) is 13.4. The van der Waals surface area contributed by atoms with Crippen LogP contribution in [0.2, 0.25) is 0 Å². The molecule has 0 aliphatic carbocycles. The van der Waals surface area contributed by atoms with Gasteiger partial charge in [-0.15, -0.1) is 0 Å². The molecule has 1 heterocycles. The van der Waals surface area contributed by atoms with Crippen LogP contribution in [0, 0.1) is 5.82 Å². The molecule has 0 fully saturated rings. The number of aryl methyl sites for hydroxylation is 1. The Morgan fingerprint density at radius 3 is 2.74 bits per heavy atom. The third kappa shape index (κ3) is 1.85. The fraction of sp³-hybridized carbons (Fsp3) is 0.133. The van der Waals surface area contributed by atoms with Gasteiger partial charge in [-0.3, -0.25) is 0 Å². The van der Waals surface area contributed by atoms with E-state index < -0.39 is 0 Å². The maximum Gasteiger partial charge on any atom is 0.143 e. The first-order chi connectivity index (χ1) is 9.20. The van der Waals surface area contributed by atoms with Gasteiger partial charge in [0.25, 0.3) is 0 Å². The van der Waals surface area contributed by atoms with Gasteiger partial charge in [-0.1, -0.05) is 12.1 Å². The highest BCUT2D eigenvalue weighted by Gasteiger charge is 2.13. The molecule has 3 rings (SSSR count). The number of imidazole rings is 1. The van der Waals surface area contributed by atoms with Gasteiger partial charge in [-0.25, -0.2) is 9.37 Å². The molecule has 0 aliphatic heterocycles. The van der Waals surface area contributed by atoms with Gasteiger partial charge < -0.3 is 10.3 Å². The Hall–Kier alpha value is -2.36. The lowest BCUT2D eigenvalue weighted by molar-refractivity contribution is 0.628. The SMILES string of the molecule is CCn1c(-c2ccccc2N)nc2ccc(F)cc21. The van der Waals surface area contributed by atoms with Crippen LogP contribution in [-0.4, -0.2) is 9.55 Å². The second-order valence-corrected chi connectivity index (χ2v) is 4.40. The first kappa shape index (κ1) is 11.7. The molecule has 2 aromatic carbocycles. The molecule has 19 heavy (non-hydrogen) atoms. The molecule has 0 radical (unpaired) electrons. The van der Waals surface area contributed by atoms with Crippen molar-refractivity contribution < 1.29 is 4.39 Å². The molecule has 0 aliphatic rings. The molecular formula is C15H14FN3. The minimum Gasteiger partial charge on any atom is -0.398 e. The summed E-state index contributed by atoms with van der Waals surface area (Å²) in [6, 6.07) is 12.2. The molecular weight excluding hydrogens is 241 g/mol. The quantitative estimate of drug-likeness (QED) is 0.713.